The number of hydrogen-bond acceptors (Lipinski definition) is 8. The molecule has 2 aliphatic heterocycles. The van der Waals surface area contributed by atoms with Crippen molar-refractivity contribution in [1.82, 2.24) is 15.1 Å². The van der Waals surface area contributed by atoms with Gasteiger partial charge in [0.05, 0.1) is 12.7 Å². The van der Waals surface area contributed by atoms with E-state index in [1.807, 2.05) is 6.92 Å². The minimum absolute atomic E-state index is 0.0969. The minimum atomic E-state index is -1.19. The number of carbonyl (C=O) groups excluding carboxylic acids is 3. The SMILES string of the molecule is CCCO[C@@H]1C[C@H](C(=O)N2[C@H](C(=O)N[C@@H](CCCN=C(N)N)C(=O)O)C[C@@H]3CCCC[C@@H]32)N(C(=O)[C@@H](N)CO)C1. The lowest BCUT2D eigenvalue weighted by atomic mass is 9.84. The number of ether oxygens (including phenoxy) is 1. The number of fused-ring (bicyclic) bond motifs is 1. The second-order valence-electron chi connectivity index (χ2n) is 11.0. The maximum Gasteiger partial charge on any atom is 0.326 e. The molecule has 226 valence electrons. The van der Waals surface area contributed by atoms with Gasteiger partial charge in [-0.25, -0.2) is 4.79 Å². The third-order valence-corrected chi connectivity index (χ3v) is 8.11. The van der Waals surface area contributed by atoms with Gasteiger partial charge in [-0.1, -0.05) is 19.8 Å². The Hall–Kier alpha value is -2.97. The summed E-state index contributed by atoms with van der Waals surface area (Å²) in [6.45, 7) is 2.26. The Morgan fingerprint density at radius 3 is 2.50 bits per heavy atom. The van der Waals surface area contributed by atoms with Gasteiger partial charge >= 0.3 is 5.97 Å². The summed E-state index contributed by atoms with van der Waals surface area (Å²) < 4.78 is 5.87. The lowest BCUT2D eigenvalue weighted by Crippen LogP contribution is -2.58. The van der Waals surface area contributed by atoms with Crippen molar-refractivity contribution >= 4 is 29.7 Å². The first-order valence-electron chi connectivity index (χ1n) is 14.3. The van der Waals surface area contributed by atoms with Gasteiger partial charge in [0.1, 0.15) is 24.2 Å². The molecule has 0 aromatic heterocycles. The number of aliphatic carboxylic acids is 1. The number of aliphatic imine (C=N–C) groups is 1. The van der Waals surface area contributed by atoms with Crippen molar-refractivity contribution in [2.24, 2.45) is 28.1 Å². The number of carboxylic acids is 1. The molecule has 40 heavy (non-hydrogen) atoms. The van der Waals surface area contributed by atoms with E-state index in [1.165, 1.54) is 4.90 Å². The van der Waals surface area contributed by atoms with Crippen LogP contribution in [0.2, 0.25) is 0 Å². The number of rotatable bonds is 13. The Labute approximate surface area is 234 Å². The van der Waals surface area contributed by atoms with E-state index in [9.17, 15) is 29.4 Å². The molecule has 14 nitrogen and oxygen atoms in total. The van der Waals surface area contributed by atoms with Crippen molar-refractivity contribution in [3.05, 3.63) is 0 Å². The van der Waals surface area contributed by atoms with Crippen molar-refractivity contribution in [2.75, 3.05) is 26.3 Å². The second-order valence-corrected chi connectivity index (χ2v) is 11.0. The molecule has 2 heterocycles. The van der Waals surface area contributed by atoms with Crippen LogP contribution in [0.4, 0.5) is 0 Å². The number of nitrogens with two attached hydrogens (primary N) is 3. The van der Waals surface area contributed by atoms with Crippen LogP contribution >= 0.6 is 0 Å². The molecule has 0 bridgehead atoms. The average molecular weight is 568 g/mol. The van der Waals surface area contributed by atoms with Crippen molar-refractivity contribution in [1.29, 1.82) is 0 Å². The molecule has 14 heteroatoms. The fourth-order valence-corrected chi connectivity index (χ4v) is 6.18. The predicted octanol–water partition coefficient (Wildman–Crippen LogP) is -1.52. The van der Waals surface area contributed by atoms with E-state index in [0.717, 1.165) is 32.1 Å². The molecule has 0 aromatic rings. The fourth-order valence-electron chi connectivity index (χ4n) is 6.18. The van der Waals surface area contributed by atoms with Crippen molar-refractivity contribution in [3.63, 3.8) is 0 Å². The van der Waals surface area contributed by atoms with E-state index in [-0.39, 0.29) is 55.9 Å². The van der Waals surface area contributed by atoms with E-state index < -0.39 is 48.6 Å². The van der Waals surface area contributed by atoms with Crippen LogP contribution in [0.1, 0.15) is 64.7 Å². The molecular formula is C26H45N7O7. The molecule has 3 fully saturated rings. The number of nitrogens with zero attached hydrogens (tertiary/aromatic N) is 3. The lowest BCUT2D eigenvalue weighted by Gasteiger charge is -2.37. The number of aliphatic hydroxyl groups is 1. The maximum atomic E-state index is 14.2. The van der Waals surface area contributed by atoms with E-state index in [0.29, 0.717) is 19.4 Å². The number of carboxylic acid groups (broad SMARTS) is 1. The molecule has 1 aliphatic carbocycles. The van der Waals surface area contributed by atoms with Crippen molar-refractivity contribution in [3.8, 4) is 0 Å². The molecular weight excluding hydrogens is 522 g/mol. The number of amides is 3. The molecule has 0 unspecified atom stereocenters. The molecule has 3 aliphatic rings. The van der Waals surface area contributed by atoms with Gasteiger partial charge in [-0.05, 0) is 44.4 Å². The second kappa shape index (κ2) is 14.6. The van der Waals surface area contributed by atoms with E-state index >= 15 is 0 Å². The van der Waals surface area contributed by atoms with Gasteiger partial charge in [0.25, 0.3) is 0 Å². The molecule has 3 amide bonds. The normalized spacial score (nSPS) is 27.5. The Kier molecular flexibility index (Phi) is 11.5. The van der Waals surface area contributed by atoms with Gasteiger partial charge in [0.15, 0.2) is 5.96 Å². The Bertz CT molecular complexity index is 944. The van der Waals surface area contributed by atoms with Gasteiger partial charge < -0.3 is 47.3 Å². The summed E-state index contributed by atoms with van der Waals surface area (Å²) in [6.07, 6.45) is 5.04. The fraction of sp³-hybridized carbons (Fsp3) is 0.808. The number of guanidine groups is 1. The summed E-state index contributed by atoms with van der Waals surface area (Å²) in [5.41, 5.74) is 16.5. The van der Waals surface area contributed by atoms with E-state index in [4.69, 9.17) is 21.9 Å². The zero-order chi connectivity index (χ0) is 29.4. The Balaban J connectivity index is 1.82. The van der Waals surface area contributed by atoms with Crippen LogP contribution in [-0.2, 0) is 23.9 Å². The molecule has 7 atom stereocenters. The van der Waals surface area contributed by atoms with Crippen molar-refractivity contribution < 1.29 is 34.1 Å². The summed E-state index contributed by atoms with van der Waals surface area (Å²) in [5.74, 6) is -2.62. The Morgan fingerprint density at radius 1 is 1.12 bits per heavy atom. The lowest BCUT2D eigenvalue weighted by molar-refractivity contribution is -0.150. The summed E-state index contributed by atoms with van der Waals surface area (Å²) in [7, 11) is 0. The number of carbonyl (C=O) groups is 4. The highest BCUT2D eigenvalue weighted by Crippen LogP contribution is 2.41. The summed E-state index contributed by atoms with van der Waals surface area (Å²) >= 11 is 0. The standard InChI is InChI=1S/C26H45N7O7/c1-2-10-40-16-12-21(32(13-16)23(36)17(27)14-34)24(37)33-19-8-4-3-6-15(19)11-20(33)22(35)31-18(25(38)39)7-5-9-30-26(28)29/h15-21,34H,2-14,27H2,1H3,(H,31,35)(H,38,39)(H4,28,29,30)/t15-,16+,17-,18-,19-,20-,21+/m0/s1. The topological polar surface area (TPSA) is 227 Å². The molecule has 9 N–H and O–H groups in total. The first-order valence-corrected chi connectivity index (χ1v) is 14.3. The van der Waals surface area contributed by atoms with Gasteiger partial charge in [-0.15, -0.1) is 0 Å². The van der Waals surface area contributed by atoms with Crippen LogP contribution in [0.25, 0.3) is 0 Å². The zero-order valence-electron chi connectivity index (χ0n) is 23.2. The van der Waals surface area contributed by atoms with Gasteiger partial charge in [-0.3, -0.25) is 19.4 Å². The van der Waals surface area contributed by atoms with Gasteiger partial charge in [-0.2, -0.15) is 0 Å². The highest BCUT2D eigenvalue weighted by atomic mass is 16.5. The van der Waals surface area contributed by atoms with Crippen LogP contribution in [0.3, 0.4) is 0 Å². The molecule has 1 saturated carbocycles. The largest absolute Gasteiger partial charge is 0.480 e. The summed E-state index contributed by atoms with van der Waals surface area (Å²) in [4.78, 5) is 59.5. The van der Waals surface area contributed by atoms with E-state index in [1.54, 1.807) is 4.90 Å². The number of likely N-dealkylation sites (tertiary alicyclic amines) is 2. The molecule has 3 rings (SSSR count). The third kappa shape index (κ3) is 7.61. The highest BCUT2D eigenvalue weighted by Gasteiger charge is 2.52. The average Bonchev–Trinajstić information content (AvgIpc) is 3.54. The van der Waals surface area contributed by atoms with Crippen LogP contribution in [0.15, 0.2) is 4.99 Å². The maximum absolute atomic E-state index is 14.2. The smallest absolute Gasteiger partial charge is 0.326 e. The minimum Gasteiger partial charge on any atom is -0.480 e. The van der Waals surface area contributed by atoms with Gasteiger partial charge in [0.2, 0.25) is 17.7 Å². The summed E-state index contributed by atoms with van der Waals surface area (Å²) in [5, 5.41) is 21.8. The van der Waals surface area contributed by atoms with Gasteiger partial charge in [0, 0.05) is 32.2 Å². The Morgan fingerprint density at radius 2 is 1.85 bits per heavy atom. The van der Waals surface area contributed by atoms with Crippen LogP contribution < -0.4 is 22.5 Å². The van der Waals surface area contributed by atoms with Crippen LogP contribution in [0.5, 0.6) is 0 Å². The highest BCUT2D eigenvalue weighted by molar-refractivity contribution is 5.95. The number of aliphatic hydroxyl groups excluding tert-OH is 1. The van der Waals surface area contributed by atoms with Crippen LogP contribution in [0, 0.1) is 5.92 Å². The molecule has 0 aromatic carbocycles. The van der Waals surface area contributed by atoms with Crippen LogP contribution in [-0.4, -0.2) is 112 Å². The first kappa shape index (κ1) is 31.6. The molecule has 2 saturated heterocycles. The predicted molar refractivity (Wildman–Crippen MR) is 146 cm³/mol. The van der Waals surface area contributed by atoms with Crippen molar-refractivity contribution in [2.45, 2.75) is 101 Å². The molecule has 0 spiro atoms. The quantitative estimate of drug-likeness (QED) is 0.0856. The monoisotopic (exact) mass is 567 g/mol. The summed E-state index contributed by atoms with van der Waals surface area (Å²) in [6, 6.07) is -4.27. The number of nitrogens with one attached hydrogen (secondary N) is 1. The zero-order valence-corrected chi connectivity index (χ0v) is 23.2. The third-order valence-electron chi connectivity index (χ3n) is 8.11. The first-order chi connectivity index (χ1) is 19.1. The van der Waals surface area contributed by atoms with E-state index in [2.05, 4.69) is 10.3 Å². The molecule has 0 radical (unpaired) electrons. The number of hydrogen-bond donors (Lipinski definition) is 6.